The molecule has 21 heavy (non-hydrogen) atoms. The number of carbonyl (C=O) groups is 1. The molecule has 0 aromatic heterocycles. The monoisotopic (exact) mass is 352 g/mol. The Labute approximate surface area is 141 Å². The third-order valence-corrected chi connectivity index (χ3v) is 4.13. The molecular weight excluding hydrogens is 335 g/mol. The van der Waals surface area contributed by atoms with Crippen molar-refractivity contribution in [1.82, 2.24) is 10.2 Å². The molecule has 4 nitrogen and oxygen atoms in total. The number of nitrogens with one attached hydrogen (secondary N) is 1. The zero-order chi connectivity index (χ0) is 14.5. The van der Waals surface area contributed by atoms with Crippen LogP contribution in [-0.2, 0) is 16.1 Å². The van der Waals surface area contributed by atoms with Crippen LogP contribution in [0, 0.1) is 0 Å². The summed E-state index contributed by atoms with van der Waals surface area (Å²) < 4.78 is 5.53. The lowest BCUT2D eigenvalue weighted by Crippen LogP contribution is -2.41. The molecule has 1 N–H and O–H groups in total. The lowest BCUT2D eigenvalue weighted by molar-refractivity contribution is -0.133. The van der Waals surface area contributed by atoms with Gasteiger partial charge in [-0.2, -0.15) is 0 Å². The van der Waals surface area contributed by atoms with E-state index < -0.39 is 0 Å². The number of hydrogen-bond donors (Lipinski definition) is 1. The summed E-state index contributed by atoms with van der Waals surface area (Å²) in [7, 11) is 1.76. The highest BCUT2D eigenvalue weighted by Crippen LogP contribution is 2.26. The Kier molecular flexibility index (Phi) is 7.77. The van der Waals surface area contributed by atoms with Gasteiger partial charge in [0.1, 0.15) is 0 Å². The second-order valence-electron chi connectivity index (χ2n) is 4.86. The van der Waals surface area contributed by atoms with Crippen LogP contribution in [0.3, 0.4) is 0 Å². The minimum Gasteiger partial charge on any atom is -0.375 e. The van der Waals surface area contributed by atoms with Gasteiger partial charge in [0, 0.05) is 26.7 Å². The van der Waals surface area contributed by atoms with Gasteiger partial charge in [0.15, 0.2) is 0 Å². The predicted octanol–water partition coefficient (Wildman–Crippen LogP) is 2.75. The van der Waals surface area contributed by atoms with Crippen LogP contribution in [0.25, 0.3) is 0 Å². The first-order valence-electron chi connectivity index (χ1n) is 6.57. The normalized spacial score (nSPS) is 18.0. The van der Waals surface area contributed by atoms with Crippen LogP contribution in [0.5, 0.6) is 0 Å². The number of rotatable bonds is 4. The fourth-order valence-corrected chi connectivity index (χ4v) is 2.50. The third kappa shape index (κ3) is 5.31. The molecule has 1 aromatic carbocycles. The molecular formula is C14H19Cl3N2O2. The number of benzene rings is 1. The van der Waals surface area contributed by atoms with Crippen molar-refractivity contribution in [3.8, 4) is 0 Å². The van der Waals surface area contributed by atoms with E-state index in [1.807, 2.05) is 12.1 Å². The minimum atomic E-state index is -0.0477. The van der Waals surface area contributed by atoms with Crippen molar-refractivity contribution < 1.29 is 9.53 Å². The number of nitrogens with zero attached hydrogens (tertiary/aromatic N) is 1. The van der Waals surface area contributed by atoms with Gasteiger partial charge in [-0.25, -0.2) is 0 Å². The molecule has 118 valence electrons. The second-order valence-corrected chi connectivity index (χ2v) is 5.65. The molecule has 1 atom stereocenters. The van der Waals surface area contributed by atoms with E-state index in [-0.39, 0.29) is 24.4 Å². The molecule has 0 radical (unpaired) electrons. The molecule has 1 amide bonds. The van der Waals surface area contributed by atoms with E-state index >= 15 is 0 Å². The first-order valence-corrected chi connectivity index (χ1v) is 7.32. The number of carbonyl (C=O) groups excluding carboxylic acids is 1. The van der Waals surface area contributed by atoms with E-state index in [0.29, 0.717) is 29.6 Å². The highest BCUT2D eigenvalue weighted by atomic mass is 35.5. The first kappa shape index (κ1) is 18.5. The van der Waals surface area contributed by atoms with E-state index in [2.05, 4.69) is 5.32 Å². The summed E-state index contributed by atoms with van der Waals surface area (Å²) in [6.45, 7) is 2.66. The molecule has 7 heteroatoms. The topological polar surface area (TPSA) is 41.6 Å². The molecule has 1 aliphatic rings. The van der Waals surface area contributed by atoms with Gasteiger partial charge in [-0.1, -0.05) is 35.3 Å². The van der Waals surface area contributed by atoms with Crippen molar-refractivity contribution in [2.24, 2.45) is 0 Å². The molecule has 0 aliphatic carbocycles. The van der Waals surface area contributed by atoms with E-state index in [1.165, 1.54) is 0 Å². The predicted molar refractivity (Wildman–Crippen MR) is 87.4 cm³/mol. The van der Waals surface area contributed by atoms with Crippen LogP contribution in [-0.4, -0.2) is 43.7 Å². The maximum Gasteiger partial charge on any atom is 0.225 e. The maximum atomic E-state index is 12.2. The van der Waals surface area contributed by atoms with Gasteiger partial charge in [-0.15, -0.1) is 12.4 Å². The van der Waals surface area contributed by atoms with E-state index in [4.69, 9.17) is 27.9 Å². The maximum absolute atomic E-state index is 12.2. The quantitative estimate of drug-likeness (QED) is 0.905. The molecule has 1 aromatic rings. The smallest absolute Gasteiger partial charge is 0.225 e. The molecule has 0 bridgehead atoms. The SMILES string of the molecule is CN(Cc1cccc(Cl)c1Cl)C(=O)CC1CNCCO1.Cl. The largest absolute Gasteiger partial charge is 0.375 e. The lowest BCUT2D eigenvalue weighted by Gasteiger charge is -2.25. The third-order valence-electron chi connectivity index (χ3n) is 3.27. The van der Waals surface area contributed by atoms with Gasteiger partial charge in [0.2, 0.25) is 5.91 Å². The van der Waals surface area contributed by atoms with Gasteiger partial charge in [-0.3, -0.25) is 4.79 Å². The van der Waals surface area contributed by atoms with Crippen LogP contribution in [0.1, 0.15) is 12.0 Å². The van der Waals surface area contributed by atoms with Crippen molar-refractivity contribution in [3.63, 3.8) is 0 Å². The molecule has 2 rings (SSSR count). The van der Waals surface area contributed by atoms with Crippen molar-refractivity contribution in [1.29, 1.82) is 0 Å². The van der Waals surface area contributed by atoms with Gasteiger partial charge in [-0.05, 0) is 11.6 Å². The lowest BCUT2D eigenvalue weighted by atomic mass is 10.1. The van der Waals surface area contributed by atoms with Gasteiger partial charge >= 0.3 is 0 Å². The average Bonchev–Trinajstić information content (AvgIpc) is 2.45. The summed E-state index contributed by atoms with van der Waals surface area (Å²) >= 11 is 12.1. The number of hydrogen-bond acceptors (Lipinski definition) is 3. The summed E-state index contributed by atoms with van der Waals surface area (Å²) in [5, 5.41) is 4.22. The van der Waals surface area contributed by atoms with Gasteiger partial charge in [0.25, 0.3) is 0 Å². The van der Waals surface area contributed by atoms with Crippen molar-refractivity contribution in [2.45, 2.75) is 19.1 Å². The van der Waals surface area contributed by atoms with Crippen LogP contribution in [0.2, 0.25) is 10.0 Å². The number of amides is 1. The van der Waals surface area contributed by atoms with E-state index in [0.717, 1.165) is 18.7 Å². The summed E-state index contributed by atoms with van der Waals surface area (Å²) in [6.07, 6.45) is 0.329. The highest BCUT2D eigenvalue weighted by molar-refractivity contribution is 6.42. The fraction of sp³-hybridized carbons (Fsp3) is 0.500. The van der Waals surface area contributed by atoms with Crippen LogP contribution >= 0.6 is 35.6 Å². The van der Waals surface area contributed by atoms with E-state index in [1.54, 1.807) is 18.0 Å². The summed E-state index contributed by atoms with van der Waals surface area (Å²) in [6, 6.07) is 5.43. The number of halogens is 3. The summed E-state index contributed by atoms with van der Waals surface area (Å²) in [5.41, 5.74) is 0.845. The Morgan fingerprint density at radius 1 is 1.48 bits per heavy atom. The first-order chi connectivity index (χ1) is 9.58. The van der Waals surface area contributed by atoms with Crippen molar-refractivity contribution in [3.05, 3.63) is 33.8 Å². The zero-order valence-corrected chi connectivity index (χ0v) is 14.1. The standard InChI is InChI=1S/C14H18Cl2N2O2.ClH/c1-18(9-10-3-2-4-12(15)14(10)16)13(19)7-11-8-17-5-6-20-11;/h2-4,11,17H,5-9H2,1H3;1H. The minimum absolute atomic E-state index is 0. The molecule has 1 fully saturated rings. The molecule has 1 heterocycles. The number of ether oxygens (including phenoxy) is 1. The Bertz CT molecular complexity index is 479. The molecule has 0 spiro atoms. The fourth-order valence-electron chi connectivity index (χ4n) is 2.12. The van der Waals surface area contributed by atoms with Crippen LogP contribution < -0.4 is 5.32 Å². The number of morpholine rings is 1. The average molecular weight is 354 g/mol. The van der Waals surface area contributed by atoms with Gasteiger partial charge in [0.05, 0.1) is 29.2 Å². The highest BCUT2D eigenvalue weighted by Gasteiger charge is 2.20. The zero-order valence-electron chi connectivity index (χ0n) is 11.8. The molecule has 0 saturated carbocycles. The van der Waals surface area contributed by atoms with Crippen molar-refractivity contribution in [2.75, 3.05) is 26.7 Å². The summed E-state index contributed by atoms with van der Waals surface area (Å²) in [5.74, 6) is 0.0368. The van der Waals surface area contributed by atoms with Crippen LogP contribution in [0.4, 0.5) is 0 Å². The van der Waals surface area contributed by atoms with E-state index in [9.17, 15) is 4.79 Å². The Hall–Kier alpha value is -0.520. The van der Waals surface area contributed by atoms with Gasteiger partial charge < -0.3 is 15.0 Å². The Morgan fingerprint density at radius 2 is 2.24 bits per heavy atom. The summed E-state index contributed by atoms with van der Waals surface area (Å²) in [4.78, 5) is 13.8. The Balaban J connectivity index is 0.00000220. The molecule has 1 saturated heterocycles. The van der Waals surface area contributed by atoms with Crippen molar-refractivity contribution >= 4 is 41.5 Å². The molecule has 1 aliphatic heterocycles. The second kappa shape index (κ2) is 8.81. The van der Waals surface area contributed by atoms with Crippen LogP contribution in [0.15, 0.2) is 18.2 Å². The molecule has 1 unspecified atom stereocenters. The Morgan fingerprint density at radius 3 is 2.90 bits per heavy atom.